The number of thiazole rings is 1. The molecule has 3 aromatic heterocycles. The summed E-state index contributed by atoms with van der Waals surface area (Å²) in [5, 5.41) is 44.9. The Morgan fingerprint density at radius 2 is 1.35 bits per heavy atom. The highest BCUT2D eigenvalue weighted by atomic mass is 35.5. The number of hydrogen-bond acceptors (Lipinski definition) is 26. The molecular formula is C46H43ClN10O21S8. The topological polar surface area (TPSA) is 493 Å². The van der Waals surface area contributed by atoms with Gasteiger partial charge in [0.15, 0.2) is 17.1 Å². The maximum atomic E-state index is 13.1. The molecule has 4 aromatic carbocycles. The SMILES string of the molecule is Cc1cc(N=Nc2c(C)c(C#N)c3nc4c(n3c2O)C=CCC4)c(OCCCS(=O)(=O)O)cc1N=Nc1cc(Cl)c(N=Nc2nc3c(OCCCS(=O)(=O)O)c(S(=O)(=O)O)c4cc(S(=O)(=O)O)cc(S(=O)(=O)O)c4c3s2)cc1SCCCS(=O)(=O)O. The standard InChI is InChI=1S/C46H43ClN10O21S8/c1-23-16-32(53-55-39-24(2)27(22-48)44-49-29-8-3-4-9-34(29)57(44)45(39)58)35(77-10-5-13-81(59,60)61)20-30(23)51-54-33-19-28(47)31(21-36(33)79-12-7-15-83(65,66)67)52-56-46-50-40-41(78-11-6-14-82(62,63)64)43(86(74,75)76)26-17-25(84(68,69)70)18-37(85(71,72)73)38(26)42(40)80-46/h4,9,16-21,58H,3,5-8,10-15H2,1-2H3,(H,59,60,61)(H,62,63,64)(H,65,66,67)(H,68,69,70)(H,71,72,73)(H,74,75,76). The van der Waals surface area contributed by atoms with E-state index in [4.69, 9.17) is 21.1 Å². The summed E-state index contributed by atoms with van der Waals surface area (Å²) in [6.45, 7) is 2.10. The average molecular weight is 1360 g/mol. The first-order valence-corrected chi connectivity index (χ1v) is 35.5. The molecule has 40 heteroatoms. The number of ether oxygens (including phenoxy) is 2. The lowest BCUT2D eigenvalue weighted by Crippen LogP contribution is -2.12. The van der Waals surface area contributed by atoms with E-state index < -0.39 is 138 Å². The van der Waals surface area contributed by atoms with Crippen LogP contribution in [0.15, 0.2) is 92.7 Å². The predicted octanol–water partition coefficient (Wildman–Crippen LogP) is 9.57. The molecule has 0 radical (unpaired) electrons. The van der Waals surface area contributed by atoms with E-state index in [0.717, 1.165) is 11.8 Å². The van der Waals surface area contributed by atoms with Crippen molar-refractivity contribution in [2.75, 3.05) is 36.2 Å². The van der Waals surface area contributed by atoms with Crippen LogP contribution in [-0.4, -0.2) is 134 Å². The van der Waals surface area contributed by atoms with Crippen molar-refractivity contribution in [2.45, 2.75) is 65.5 Å². The number of thioether (sulfide) groups is 1. The van der Waals surface area contributed by atoms with Crippen LogP contribution in [0.1, 0.15) is 53.8 Å². The molecule has 86 heavy (non-hydrogen) atoms. The number of pyridine rings is 1. The van der Waals surface area contributed by atoms with Crippen molar-refractivity contribution in [1.29, 1.82) is 5.26 Å². The molecule has 0 aliphatic heterocycles. The van der Waals surface area contributed by atoms with Crippen LogP contribution in [0.5, 0.6) is 17.4 Å². The maximum Gasteiger partial charge on any atom is 0.298 e. The second-order valence-corrected chi connectivity index (χ2v) is 29.8. The predicted molar refractivity (Wildman–Crippen MR) is 310 cm³/mol. The summed E-state index contributed by atoms with van der Waals surface area (Å²) in [4.78, 5) is 5.01. The molecule has 31 nitrogen and oxygen atoms in total. The van der Waals surface area contributed by atoms with Crippen molar-refractivity contribution in [3.05, 3.63) is 75.6 Å². The Morgan fingerprint density at radius 1 is 0.721 bits per heavy atom. The summed E-state index contributed by atoms with van der Waals surface area (Å²) < 4.78 is 217. The first-order valence-electron chi connectivity index (χ1n) is 24.2. The number of halogens is 1. The van der Waals surface area contributed by atoms with E-state index in [1.165, 1.54) is 28.7 Å². The molecule has 0 saturated carbocycles. The second kappa shape index (κ2) is 25.2. The molecule has 458 valence electrons. The molecule has 0 fully saturated rings. The van der Waals surface area contributed by atoms with Crippen LogP contribution in [0.4, 0.5) is 33.6 Å². The van der Waals surface area contributed by atoms with E-state index in [0.29, 0.717) is 47.2 Å². The van der Waals surface area contributed by atoms with Crippen molar-refractivity contribution in [2.24, 2.45) is 30.7 Å². The molecule has 0 bridgehead atoms. The molecular weight excluding hydrogens is 1320 g/mol. The molecule has 1 aliphatic rings. The third-order valence-corrected chi connectivity index (χ3v) is 19.6. The van der Waals surface area contributed by atoms with Gasteiger partial charge in [0, 0.05) is 27.3 Å². The first-order chi connectivity index (χ1) is 40.0. The molecule has 7 aromatic rings. The van der Waals surface area contributed by atoms with Gasteiger partial charge in [-0.1, -0.05) is 29.0 Å². The highest BCUT2D eigenvalue weighted by molar-refractivity contribution is 7.99. The van der Waals surface area contributed by atoms with Crippen LogP contribution >= 0.6 is 34.7 Å². The van der Waals surface area contributed by atoms with Crippen LogP contribution in [0.3, 0.4) is 0 Å². The van der Waals surface area contributed by atoms with Gasteiger partial charge in [0.2, 0.25) is 11.0 Å². The monoisotopic (exact) mass is 1360 g/mol. The molecule has 0 saturated heterocycles. The minimum atomic E-state index is -5.66. The largest absolute Gasteiger partial charge is 0.493 e. The number of aryl methyl sites for hydroxylation is 2. The van der Waals surface area contributed by atoms with Gasteiger partial charge >= 0.3 is 0 Å². The molecule has 0 atom stereocenters. The van der Waals surface area contributed by atoms with Crippen molar-refractivity contribution >= 4 is 162 Å². The molecule has 3 heterocycles. The summed E-state index contributed by atoms with van der Waals surface area (Å²) in [6.07, 6.45) is 4.07. The fourth-order valence-electron chi connectivity index (χ4n) is 8.43. The van der Waals surface area contributed by atoms with E-state index in [1.807, 2.05) is 6.08 Å². The van der Waals surface area contributed by atoms with Gasteiger partial charge in [-0.05, 0) is 93.7 Å². The van der Waals surface area contributed by atoms with Crippen LogP contribution < -0.4 is 9.47 Å². The number of hydrogen-bond donors (Lipinski definition) is 7. The number of nitrogens with zero attached hydrogens (tertiary/aromatic N) is 10. The van der Waals surface area contributed by atoms with Crippen molar-refractivity contribution in [3.63, 3.8) is 0 Å². The Hall–Kier alpha value is -6.75. The van der Waals surface area contributed by atoms with Crippen LogP contribution in [0.2, 0.25) is 5.02 Å². The third kappa shape index (κ3) is 15.3. The normalized spacial score (nSPS) is 13.7. The van der Waals surface area contributed by atoms with E-state index in [-0.39, 0.29) is 98.0 Å². The van der Waals surface area contributed by atoms with Gasteiger partial charge in [-0.3, -0.25) is 31.7 Å². The minimum Gasteiger partial charge on any atom is -0.493 e. The van der Waals surface area contributed by atoms with E-state index >= 15 is 0 Å². The molecule has 0 spiro atoms. The van der Waals surface area contributed by atoms with E-state index in [9.17, 15) is 88.2 Å². The van der Waals surface area contributed by atoms with E-state index in [1.54, 1.807) is 19.9 Å². The van der Waals surface area contributed by atoms with Gasteiger partial charge in [0.25, 0.3) is 60.7 Å². The van der Waals surface area contributed by atoms with Gasteiger partial charge in [-0.25, -0.2) is 9.97 Å². The maximum absolute atomic E-state index is 13.1. The third-order valence-electron chi connectivity index (χ3n) is 12.2. The van der Waals surface area contributed by atoms with Gasteiger partial charge in [-0.2, -0.15) is 60.9 Å². The molecule has 0 amide bonds. The highest BCUT2D eigenvalue weighted by Crippen LogP contribution is 2.49. The van der Waals surface area contributed by atoms with E-state index in [2.05, 4.69) is 46.7 Å². The van der Waals surface area contributed by atoms with Crippen LogP contribution in [0.25, 0.3) is 32.7 Å². The van der Waals surface area contributed by atoms with Crippen LogP contribution in [-0.2, 0) is 67.1 Å². The van der Waals surface area contributed by atoms with Crippen molar-refractivity contribution in [3.8, 4) is 23.4 Å². The lowest BCUT2D eigenvalue weighted by molar-refractivity contribution is 0.311. The zero-order valence-electron chi connectivity index (χ0n) is 43.9. The summed E-state index contributed by atoms with van der Waals surface area (Å²) >= 11 is 8.13. The molecule has 8 rings (SSSR count). The van der Waals surface area contributed by atoms with Gasteiger partial charge in [0.05, 0.1) is 62.2 Å². The smallest absolute Gasteiger partial charge is 0.298 e. The number of imidazole rings is 1. The molecule has 0 unspecified atom stereocenters. The lowest BCUT2D eigenvalue weighted by Gasteiger charge is -2.15. The van der Waals surface area contributed by atoms with Crippen LogP contribution in [0, 0.1) is 25.2 Å². The molecule has 1 aliphatic carbocycles. The van der Waals surface area contributed by atoms with Crippen molar-refractivity contribution in [1.82, 2.24) is 14.4 Å². The second-order valence-electron chi connectivity index (χ2n) is 18.4. The number of aromatic nitrogens is 3. The zero-order chi connectivity index (χ0) is 63.1. The Labute approximate surface area is 501 Å². The van der Waals surface area contributed by atoms with Gasteiger partial charge in [-0.15, -0.1) is 37.3 Å². The Morgan fingerprint density at radius 3 is 1.98 bits per heavy atom. The summed E-state index contributed by atoms with van der Waals surface area (Å²) in [5.74, 6) is -3.62. The van der Waals surface area contributed by atoms with Gasteiger partial charge in [0.1, 0.15) is 49.8 Å². The summed E-state index contributed by atoms with van der Waals surface area (Å²) in [5.41, 5.74) is 1.41. The fourth-order valence-corrected chi connectivity index (χ4v) is 14.4. The number of rotatable bonds is 24. The number of azo groups is 3. The Balaban J connectivity index is 1.22. The molecule has 7 N–H and O–H groups in total. The Kier molecular flexibility index (Phi) is 19.1. The van der Waals surface area contributed by atoms with Gasteiger partial charge < -0.3 is 14.6 Å². The van der Waals surface area contributed by atoms with Crippen molar-refractivity contribution < 1.29 is 92.4 Å². The minimum absolute atomic E-state index is 0.00208. The zero-order valence-corrected chi connectivity index (χ0v) is 51.1. The quantitative estimate of drug-likeness (QED) is 0.0128. The number of benzene rings is 4. The summed E-state index contributed by atoms with van der Waals surface area (Å²) in [6, 6.07) is 8.21. The lowest BCUT2D eigenvalue weighted by atomic mass is 10.1. The highest BCUT2D eigenvalue weighted by Gasteiger charge is 2.33. The number of nitriles is 1. The number of allylic oxidation sites excluding steroid dienone is 1. The fraction of sp³-hybridized carbons (Fsp3) is 0.283. The first kappa shape index (κ1) is 65.2. The summed E-state index contributed by atoms with van der Waals surface area (Å²) in [7, 11) is -30.1. The Bertz CT molecular complexity index is 4850. The average Bonchev–Trinajstić information content (AvgIpc) is 1.30. The number of fused-ring (bicyclic) bond motifs is 6. The number of aromatic hydroxyl groups is 1.